The standard InChI is InChI=1S/C17H16O2/c1-13(14-8-4-2-5-9-14)16(12-18)17(19)15-10-6-3-7-11-15/h2-13,16H,1H3. The van der Waals surface area contributed by atoms with E-state index >= 15 is 0 Å². The van der Waals surface area contributed by atoms with Crippen molar-refractivity contribution in [2.45, 2.75) is 12.8 Å². The van der Waals surface area contributed by atoms with Crippen LogP contribution in [0, 0.1) is 5.92 Å². The van der Waals surface area contributed by atoms with Crippen LogP contribution in [-0.2, 0) is 4.79 Å². The van der Waals surface area contributed by atoms with Crippen LogP contribution in [0.5, 0.6) is 0 Å². The lowest BCUT2D eigenvalue weighted by Gasteiger charge is -2.18. The summed E-state index contributed by atoms with van der Waals surface area (Å²) in [5, 5.41) is 0. The monoisotopic (exact) mass is 252 g/mol. The minimum Gasteiger partial charge on any atom is -0.303 e. The highest BCUT2D eigenvalue weighted by molar-refractivity contribution is 6.05. The van der Waals surface area contributed by atoms with E-state index < -0.39 is 5.92 Å². The van der Waals surface area contributed by atoms with E-state index in [0.717, 1.165) is 11.8 Å². The van der Waals surface area contributed by atoms with Crippen molar-refractivity contribution >= 4 is 12.1 Å². The summed E-state index contributed by atoms with van der Waals surface area (Å²) in [5.41, 5.74) is 1.59. The van der Waals surface area contributed by atoms with Crippen molar-refractivity contribution in [2.75, 3.05) is 0 Å². The maximum atomic E-state index is 12.4. The Morgan fingerprint density at radius 3 is 2.00 bits per heavy atom. The predicted octanol–water partition coefficient (Wildman–Crippen LogP) is 3.49. The summed E-state index contributed by atoms with van der Waals surface area (Å²) in [7, 11) is 0. The summed E-state index contributed by atoms with van der Waals surface area (Å²) in [4.78, 5) is 23.7. The fourth-order valence-corrected chi connectivity index (χ4v) is 2.17. The molecule has 2 atom stereocenters. The van der Waals surface area contributed by atoms with Crippen molar-refractivity contribution in [1.29, 1.82) is 0 Å². The third-order valence-electron chi connectivity index (χ3n) is 3.37. The van der Waals surface area contributed by atoms with Gasteiger partial charge in [-0.05, 0) is 11.5 Å². The molecule has 2 aromatic carbocycles. The molecule has 2 unspecified atom stereocenters. The normalized spacial score (nSPS) is 13.5. The van der Waals surface area contributed by atoms with E-state index in [4.69, 9.17) is 0 Å². The van der Waals surface area contributed by atoms with E-state index in [9.17, 15) is 9.59 Å². The highest BCUT2D eigenvalue weighted by Crippen LogP contribution is 2.25. The first-order chi connectivity index (χ1) is 9.24. The van der Waals surface area contributed by atoms with Crippen LogP contribution in [0.25, 0.3) is 0 Å². The van der Waals surface area contributed by atoms with Crippen LogP contribution in [0.2, 0.25) is 0 Å². The summed E-state index contributed by atoms with van der Waals surface area (Å²) in [6, 6.07) is 18.6. The number of ketones is 1. The molecule has 0 aliphatic carbocycles. The van der Waals surface area contributed by atoms with Crippen molar-refractivity contribution < 1.29 is 9.59 Å². The molecule has 0 fully saturated rings. The third kappa shape index (κ3) is 2.97. The molecule has 0 aromatic heterocycles. The van der Waals surface area contributed by atoms with Crippen LogP contribution in [0.1, 0.15) is 28.8 Å². The highest BCUT2D eigenvalue weighted by atomic mass is 16.1. The lowest BCUT2D eigenvalue weighted by Crippen LogP contribution is -2.22. The van der Waals surface area contributed by atoms with Gasteiger partial charge < -0.3 is 4.79 Å². The number of hydrogen-bond acceptors (Lipinski definition) is 2. The van der Waals surface area contributed by atoms with Crippen LogP contribution in [0.15, 0.2) is 60.7 Å². The van der Waals surface area contributed by atoms with Gasteiger partial charge in [0.2, 0.25) is 0 Å². The summed E-state index contributed by atoms with van der Waals surface area (Å²) in [6.07, 6.45) is 0.757. The molecule has 0 aliphatic rings. The van der Waals surface area contributed by atoms with Gasteiger partial charge in [0, 0.05) is 5.56 Å². The Morgan fingerprint density at radius 2 is 1.47 bits per heavy atom. The van der Waals surface area contributed by atoms with Crippen LogP contribution in [0.3, 0.4) is 0 Å². The molecule has 0 amide bonds. The molecule has 2 nitrogen and oxygen atoms in total. The summed E-state index contributed by atoms with van der Waals surface area (Å²) in [6.45, 7) is 1.91. The number of rotatable bonds is 5. The molecule has 0 aliphatic heterocycles. The zero-order valence-corrected chi connectivity index (χ0v) is 10.8. The van der Waals surface area contributed by atoms with E-state index in [-0.39, 0.29) is 11.7 Å². The molecular weight excluding hydrogens is 236 g/mol. The second-order valence-electron chi connectivity index (χ2n) is 4.59. The molecule has 0 bridgehead atoms. The van der Waals surface area contributed by atoms with E-state index in [1.54, 1.807) is 12.1 Å². The smallest absolute Gasteiger partial charge is 0.173 e. The van der Waals surface area contributed by atoms with E-state index in [2.05, 4.69) is 0 Å². The Morgan fingerprint density at radius 1 is 0.947 bits per heavy atom. The maximum absolute atomic E-state index is 12.4. The minimum absolute atomic E-state index is 0.119. The van der Waals surface area contributed by atoms with Crippen molar-refractivity contribution in [1.82, 2.24) is 0 Å². The van der Waals surface area contributed by atoms with Crippen molar-refractivity contribution in [2.24, 2.45) is 5.92 Å². The minimum atomic E-state index is -0.634. The number of hydrogen-bond donors (Lipinski definition) is 0. The van der Waals surface area contributed by atoms with Gasteiger partial charge in [-0.25, -0.2) is 0 Å². The van der Waals surface area contributed by atoms with Crippen LogP contribution < -0.4 is 0 Å². The van der Waals surface area contributed by atoms with Crippen LogP contribution >= 0.6 is 0 Å². The van der Waals surface area contributed by atoms with Crippen LogP contribution in [0.4, 0.5) is 0 Å². The average Bonchev–Trinajstić information content (AvgIpc) is 2.49. The second-order valence-corrected chi connectivity index (χ2v) is 4.59. The van der Waals surface area contributed by atoms with Gasteiger partial charge in [-0.3, -0.25) is 4.79 Å². The van der Waals surface area contributed by atoms with Crippen molar-refractivity contribution in [3.05, 3.63) is 71.8 Å². The maximum Gasteiger partial charge on any atom is 0.173 e. The molecule has 2 rings (SSSR count). The number of Topliss-reactive ketones (excluding diaryl/α,β-unsaturated/α-hetero) is 1. The van der Waals surface area contributed by atoms with Gasteiger partial charge in [0.05, 0.1) is 5.92 Å². The molecular formula is C17H16O2. The lowest BCUT2D eigenvalue weighted by atomic mass is 9.83. The quantitative estimate of drug-likeness (QED) is 0.464. The van der Waals surface area contributed by atoms with E-state index in [1.165, 1.54) is 0 Å². The van der Waals surface area contributed by atoms with Gasteiger partial charge in [0.15, 0.2) is 5.78 Å². The van der Waals surface area contributed by atoms with Gasteiger partial charge in [-0.2, -0.15) is 0 Å². The topological polar surface area (TPSA) is 34.1 Å². The number of carbonyl (C=O) groups is 2. The molecule has 0 radical (unpaired) electrons. The van der Waals surface area contributed by atoms with Crippen molar-refractivity contribution in [3.63, 3.8) is 0 Å². The fraction of sp³-hybridized carbons (Fsp3) is 0.176. The SMILES string of the molecule is CC(c1ccccc1)C(C=O)C(=O)c1ccccc1. The number of carbonyl (C=O) groups excluding carboxylic acids is 2. The Hall–Kier alpha value is -2.22. The Balaban J connectivity index is 2.26. The van der Waals surface area contributed by atoms with Gasteiger partial charge in [0.1, 0.15) is 6.29 Å². The van der Waals surface area contributed by atoms with Gasteiger partial charge in [0.25, 0.3) is 0 Å². The second kappa shape index (κ2) is 6.10. The Labute approximate surface area is 113 Å². The number of aldehydes is 1. The molecule has 2 aromatic rings. The van der Waals surface area contributed by atoms with Gasteiger partial charge in [-0.1, -0.05) is 67.6 Å². The molecule has 0 spiro atoms. The average molecular weight is 252 g/mol. The third-order valence-corrected chi connectivity index (χ3v) is 3.37. The van der Waals surface area contributed by atoms with Gasteiger partial charge >= 0.3 is 0 Å². The molecule has 0 saturated heterocycles. The molecule has 2 heteroatoms. The molecule has 96 valence electrons. The lowest BCUT2D eigenvalue weighted by molar-refractivity contribution is -0.110. The molecule has 0 saturated carbocycles. The summed E-state index contributed by atoms with van der Waals surface area (Å²) < 4.78 is 0. The zero-order chi connectivity index (χ0) is 13.7. The molecule has 19 heavy (non-hydrogen) atoms. The highest BCUT2D eigenvalue weighted by Gasteiger charge is 2.26. The Kier molecular flexibility index (Phi) is 4.24. The first kappa shape index (κ1) is 13.2. The molecule has 0 heterocycles. The predicted molar refractivity (Wildman–Crippen MR) is 75.2 cm³/mol. The van der Waals surface area contributed by atoms with E-state index in [0.29, 0.717) is 5.56 Å². The van der Waals surface area contributed by atoms with Crippen LogP contribution in [-0.4, -0.2) is 12.1 Å². The molecule has 0 N–H and O–H groups in total. The summed E-state index contributed by atoms with van der Waals surface area (Å²) >= 11 is 0. The summed E-state index contributed by atoms with van der Waals surface area (Å²) in [5.74, 6) is -0.872. The Bertz CT molecular complexity index is 546. The van der Waals surface area contributed by atoms with E-state index in [1.807, 2.05) is 55.5 Å². The first-order valence-corrected chi connectivity index (χ1v) is 6.33. The van der Waals surface area contributed by atoms with Gasteiger partial charge in [-0.15, -0.1) is 0 Å². The fourth-order valence-electron chi connectivity index (χ4n) is 2.17. The number of benzene rings is 2. The first-order valence-electron chi connectivity index (χ1n) is 6.33. The van der Waals surface area contributed by atoms with Crippen molar-refractivity contribution in [3.8, 4) is 0 Å². The zero-order valence-electron chi connectivity index (χ0n) is 10.8. The largest absolute Gasteiger partial charge is 0.303 e.